The Bertz CT molecular complexity index is 845. The van der Waals surface area contributed by atoms with Crippen molar-refractivity contribution in [1.82, 2.24) is 9.80 Å². The molecule has 0 saturated carbocycles. The van der Waals surface area contributed by atoms with E-state index >= 15 is 0 Å². The quantitative estimate of drug-likeness (QED) is 0.529. The minimum Gasteiger partial charge on any atom is -0.279 e. The van der Waals surface area contributed by atoms with Crippen LogP contribution in [-0.2, 0) is 13.1 Å². The van der Waals surface area contributed by atoms with Crippen LogP contribution in [0.2, 0.25) is 5.02 Å². The number of benzene rings is 3. The molecule has 3 aromatic carbocycles. The van der Waals surface area contributed by atoms with Gasteiger partial charge < -0.3 is 0 Å². The van der Waals surface area contributed by atoms with E-state index in [2.05, 4.69) is 84.3 Å². The third-order valence-corrected chi connectivity index (χ3v) is 5.80. The number of hydrogen-bond acceptors (Lipinski definition) is 2. The molecule has 144 valence electrons. The summed E-state index contributed by atoms with van der Waals surface area (Å²) < 4.78 is 0. The van der Waals surface area contributed by atoms with Crippen molar-refractivity contribution in [3.63, 3.8) is 0 Å². The second kappa shape index (κ2) is 8.48. The highest BCUT2D eigenvalue weighted by molar-refractivity contribution is 6.30. The van der Waals surface area contributed by atoms with Crippen LogP contribution < -0.4 is 0 Å². The van der Waals surface area contributed by atoms with Crippen molar-refractivity contribution < 1.29 is 0 Å². The summed E-state index contributed by atoms with van der Waals surface area (Å²) in [5, 5.41) is 0.789. The fourth-order valence-corrected chi connectivity index (χ4v) is 4.10. The largest absolute Gasteiger partial charge is 0.279 e. The van der Waals surface area contributed by atoms with Crippen LogP contribution in [0.25, 0.3) is 0 Å². The van der Waals surface area contributed by atoms with Gasteiger partial charge in [-0.15, -0.1) is 0 Å². The van der Waals surface area contributed by atoms with E-state index in [-0.39, 0.29) is 6.17 Å². The van der Waals surface area contributed by atoms with Crippen LogP contribution in [-0.4, -0.2) is 22.9 Å². The van der Waals surface area contributed by atoms with Crippen LogP contribution in [0.1, 0.15) is 34.0 Å². The van der Waals surface area contributed by atoms with Gasteiger partial charge in [0.1, 0.15) is 0 Å². The van der Waals surface area contributed by atoms with Crippen LogP contribution in [0.5, 0.6) is 0 Å². The van der Waals surface area contributed by atoms with E-state index in [1.807, 2.05) is 12.1 Å². The molecule has 2 nitrogen and oxygen atoms in total. The molecule has 1 aliphatic heterocycles. The molecule has 0 amide bonds. The molecular formula is C25H27ClN2. The molecule has 0 aromatic heterocycles. The predicted molar refractivity (Wildman–Crippen MR) is 117 cm³/mol. The molecule has 1 saturated heterocycles. The zero-order valence-corrected chi connectivity index (χ0v) is 17.4. The second-order valence-corrected chi connectivity index (χ2v) is 8.27. The lowest BCUT2D eigenvalue weighted by atomic mass is 10.1. The van der Waals surface area contributed by atoms with Crippen molar-refractivity contribution in [2.45, 2.75) is 33.1 Å². The smallest absolute Gasteiger partial charge is 0.0892 e. The van der Waals surface area contributed by atoms with E-state index in [1.165, 1.54) is 27.8 Å². The van der Waals surface area contributed by atoms with Crippen LogP contribution in [0, 0.1) is 13.8 Å². The molecule has 1 fully saturated rings. The molecule has 28 heavy (non-hydrogen) atoms. The summed E-state index contributed by atoms with van der Waals surface area (Å²) >= 11 is 6.15. The molecule has 0 radical (unpaired) electrons. The van der Waals surface area contributed by atoms with Gasteiger partial charge in [-0.25, -0.2) is 0 Å². The Morgan fingerprint density at radius 2 is 1.11 bits per heavy atom. The Balaban J connectivity index is 1.59. The van der Waals surface area contributed by atoms with E-state index in [9.17, 15) is 0 Å². The normalized spacial score (nSPS) is 16.0. The first-order valence-electron chi connectivity index (χ1n) is 9.93. The summed E-state index contributed by atoms with van der Waals surface area (Å²) in [5.41, 5.74) is 6.64. The first-order valence-corrected chi connectivity index (χ1v) is 10.3. The van der Waals surface area contributed by atoms with Gasteiger partial charge in [-0.3, -0.25) is 9.80 Å². The fraction of sp³-hybridized carbons (Fsp3) is 0.280. The summed E-state index contributed by atoms with van der Waals surface area (Å²) in [6.07, 6.45) is 0.264. The van der Waals surface area contributed by atoms with Crippen molar-refractivity contribution in [1.29, 1.82) is 0 Å². The Labute approximate surface area is 173 Å². The Hall–Kier alpha value is -2.13. The highest BCUT2D eigenvalue weighted by Gasteiger charge is 2.33. The molecule has 0 spiro atoms. The highest BCUT2D eigenvalue weighted by atomic mass is 35.5. The van der Waals surface area contributed by atoms with Gasteiger partial charge in [0.25, 0.3) is 0 Å². The van der Waals surface area contributed by atoms with Gasteiger partial charge in [-0.1, -0.05) is 83.4 Å². The van der Waals surface area contributed by atoms with Gasteiger partial charge in [-0.05, 0) is 42.7 Å². The van der Waals surface area contributed by atoms with E-state index < -0.39 is 0 Å². The minimum atomic E-state index is 0.264. The average molecular weight is 391 g/mol. The number of aryl methyl sites for hydroxylation is 2. The topological polar surface area (TPSA) is 6.48 Å². The number of rotatable bonds is 5. The molecule has 1 aliphatic rings. The summed E-state index contributed by atoms with van der Waals surface area (Å²) in [4.78, 5) is 5.14. The molecule has 0 unspecified atom stereocenters. The standard InChI is InChI=1S/C25H27ClN2/c1-19-3-7-21(8-4-19)17-27-15-16-28(18-22-9-5-20(2)6-10-22)25(27)23-11-13-24(26)14-12-23/h3-14,25H,15-18H2,1-2H3. The minimum absolute atomic E-state index is 0.264. The van der Waals surface area contributed by atoms with E-state index in [0.717, 1.165) is 31.2 Å². The lowest BCUT2D eigenvalue weighted by Crippen LogP contribution is -2.30. The van der Waals surface area contributed by atoms with Gasteiger partial charge in [0.2, 0.25) is 0 Å². The lowest BCUT2D eigenvalue weighted by molar-refractivity contribution is 0.126. The monoisotopic (exact) mass is 390 g/mol. The van der Waals surface area contributed by atoms with Crippen LogP contribution >= 0.6 is 11.6 Å². The molecule has 3 aromatic rings. The van der Waals surface area contributed by atoms with Gasteiger partial charge in [-0.2, -0.15) is 0 Å². The maximum atomic E-state index is 6.15. The number of halogens is 1. The van der Waals surface area contributed by atoms with Crippen LogP contribution in [0.4, 0.5) is 0 Å². The molecule has 1 heterocycles. The van der Waals surface area contributed by atoms with E-state index in [1.54, 1.807) is 0 Å². The van der Waals surface area contributed by atoms with Crippen LogP contribution in [0.3, 0.4) is 0 Å². The maximum Gasteiger partial charge on any atom is 0.0892 e. The Morgan fingerprint density at radius 1 is 0.679 bits per heavy atom. The van der Waals surface area contributed by atoms with E-state index in [4.69, 9.17) is 11.6 Å². The van der Waals surface area contributed by atoms with Crippen molar-refractivity contribution in [3.05, 3.63) is 106 Å². The van der Waals surface area contributed by atoms with Gasteiger partial charge in [0.05, 0.1) is 6.17 Å². The molecular weight excluding hydrogens is 364 g/mol. The van der Waals surface area contributed by atoms with Crippen molar-refractivity contribution in [2.75, 3.05) is 13.1 Å². The molecule has 0 atom stereocenters. The van der Waals surface area contributed by atoms with Crippen LogP contribution in [0.15, 0.2) is 72.8 Å². The van der Waals surface area contributed by atoms with Gasteiger partial charge in [0, 0.05) is 31.2 Å². The van der Waals surface area contributed by atoms with E-state index in [0.29, 0.717) is 0 Å². The number of hydrogen-bond donors (Lipinski definition) is 0. The summed E-state index contributed by atoms with van der Waals surface area (Å²) in [6.45, 7) is 8.31. The fourth-order valence-electron chi connectivity index (χ4n) is 3.98. The molecule has 4 rings (SSSR count). The second-order valence-electron chi connectivity index (χ2n) is 7.84. The third kappa shape index (κ3) is 4.47. The first kappa shape index (κ1) is 19.2. The highest BCUT2D eigenvalue weighted by Crippen LogP contribution is 2.33. The first-order chi connectivity index (χ1) is 13.6. The zero-order valence-electron chi connectivity index (χ0n) is 16.6. The van der Waals surface area contributed by atoms with Gasteiger partial charge in [0.15, 0.2) is 0 Å². The molecule has 0 bridgehead atoms. The maximum absolute atomic E-state index is 6.15. The zero-order chi connectivity index (χ0) is 19.5. The Kier molecular flexibility index (Phi) is 5.82. The summed E-state index contributed by atoms with van der Waals surface area (Å²) in [7, 11) is 0. The SMILES string of the molecule is Cc1ccc(CN2CCN(Cc3ccc(C)cc3)C2c2ccc(Cl)cc2)cc1. The lowest BCUT2D eigenvalue weighted by Gasteiger charge is -2.31. The number of nitrogens with zero attached hydrogens (tertiary/aromatic N) is 2. The predicted octanol–water partition coefficient (Wildman–Crippen LogP) is 5.97. The average Bonchev–Trinajstić information content (AvgIpc) is 3.08. The molecule has 0 N–H and O–H groups in total. The summed E-state index contributed by atoms with van der Waals surface area (Å²) in [5.74, 6) is 0. The van der Waals surface area contributed by atoms with Crippen molar-refractivity contribution in [2.24, 2.45) is 0 Å². The van der Waals surface area contributed by atoms with Gasteiger partial charge >= 0.3 is 0 Å². The Morgan fingerprint density at radius 3 is 1.54 bits per heavy atom. The molecule has 0 aliphatic carbocycles. The van der Waals surface area contributed by atoms with Crippen molar-refractivity contribution in [3.8, 4) is 0 Å². The third-order valence-electron chi connectivity index (χ3n) is 5.55. The summed E-state index contributed by atoms with van der Waals surface area (Å²) in [6, 6.07) is 26.1. The van der Waals surface area contributed by atoms with Crippen molar-refractivity contribution >= 4 is 11.6 Å². The molecule has 3 heteroatoms.